The molecule has 1 saturated carbocycles. The van der Waals surface area contributed by atoms with Crippen LogP contribution in [0.1, 0.15) is 56.6 Å². The summed E-state index contributed by atoms with van der Waals surface area (Å²) in [7, 11) is 0. The average Bonchev–Trinajstić information content (AvgIpc) is 2.89. The number of nitrogens with one attached hydrogen (secondary N) is 1. The van der Waals surface area contributed by atoms with Crippen molar-refractivity contribution < 1.29 is 8.78 Å². The lowest BCUT2D eigenvalue weighted by Gasteiger charge is -2.27. The molecule has 19 heavy (non-hydrogen) atoms. The first-order valence-electron chi connectivity index (χ1n) is 7.23. The molecule has 3 heteroatoms. The third-order valence-corrected chi connectivity index (χ3v) is 4.48. The molecule has 2 rings (SSSR count). The van der Waals surface area contributed by atoms with Gasteiger partial charge in [-0.05, 0) is 30.2 Å². The molecule has 1 nitrogen and oxygen atoms in total. The highest BCUT2D eigenvalue weighted by molar-refractivity contribution is 5.23. The van der Waals surface area contributed by atoms with Gasteiger partial charge in [0, 0.05) is 18.7 Å². The van der Waals surface area contributed by atoms with Crippen molar-refractivity contribution in [3.8, 4) is 0 Å². The molecule has 0 aliphatic heterocycles. The molecule has 0 spiro atoms. The number of benzene rings is 1. The quantitative estimate of drug-likeness (QED) is 0.788. The minimum Gasteiger partial charge on any atom is -0.312 e. The maximum absolute atomic E-state index is 12.4. The van der Waals surface area contributed by atoms with E-state index < -0.39 is 6.43 Å². The summed E-state index contributed by atoms with van der Waals surface area (Å²) in [5, 5.41) is 3.50. The lowest BCUT2D eigenvalue weighted by molar-refractivity contribution is 0.151. The van der Waals surface area contributed by atoms with Crippen LogP contribution in [0, 0.1) is 5.41 Å². The van der Waals surface area contributed by atoms with Crippen LogP contribution in [0.5, 0.6) is 0 Å². The van der Waals surface area contributed by atoms with Crippen LogP contribution in [0.15, 0.2) is 24.3 Å². The Morgan fingerprint density at radius 3 is 2.32 bits per heavy atom. The van der Waals surface area contributed by atoms with Gasteiger partial charge in [0.2, 0.25) is 0 Å². The summed E-state index contributed by atoms with van der Waals surface area (Å²) < 4.78 is 24.9. The number of rotatable bonds is 6. The molecule has 0 heterocycles. The number of hydrogen-bond acceptors (Lipinski definition) is 1. The summed E-state index contributed by atoms with van der Waals surface area (Å²) in [6.07, 6.45) is 4.19. The van der Waals surface area contributed by atoms with Crippen LogP contribution < -0.4 is 5.32 Å². The molecule has 0 bridgehead atoms. The molecule has 1 aliphatic carbocycles. The second kappa shape index (κ2) is 6.47. The van der Waals surface area contributed by atoms with E-state index in [2.05, 4.69) is 12.2 Å². The van der Waals surface area contributed by atoms with Crippen molar-refractivity contribution >= 4 is 0 Å². The summed E-state index contributed by atoms with van der Waals surface area (Å²) in [4.78, 5) is 0. The highest BCUT2D eigenvalue weighted by Crippen LogP contribution is 2.40. The van der Waals surface area contributed by atoms with Crippen molar-refractivity contribution in [3.05, 3.63) is 35.4 Å². The molecule has 1 aliphatic rings. The van der Waals surface area contributed by atoms with Crippen LogP contribution in [0.3, 0.4) is 0 Å². The molecular weight excluding hydrogens is 244 g/mol. The van der Waals surface area contributed by atoms with Crippen molar-refractivity contribution in [1.82, 2.24) is 5.32 Å². The average molecular weight is 267 g/mol. The standard InChI is InChI=1S/C16H23F2N/c1-2-16(9-3-4-10-16)12-19-11-13-5-7-14(8-6-13)15(17)18/h5-8,15,19H,2-4,9-12H2,1H3. The van der Waals surface area contributed by atoms with Crippen LogP contribution in [0.4, 0.5) is 8.78 Å². The fraction of sp³-hybridized carbons (Fsp3) is 0.625. The largest absolute Gasteiger partial charge is 0.312 e. The van der Waals surface area contributed by atoms with Crippen molar-refractivity contribution in [2.24, 2.45) is 5.41 Å². The Hall–Kier alpha value is -0.960. The van der Waals surface area contributed by atoms with Crippen molar-refractivity contribution in [3.63, 3.8) is 0 Å². The van der Waals surface area contributed by atoms with Crippen LogP contribution >= 0.6 is 0 Å². The Labute approximate surface area is 114 Å². The second-order valence-electron chi connectivity index (χ2n) is 5.71. The van der Waals surface area contributed by atoms with Crippen LogP contribution in [-0.2, 0) is 6.54 Å². The van der Waals surface area contributed by atoms with Gasteiger partial charge in [0.05, 0.1) is 0 Å². The van der Waals surface area contributed by atoms with Crippen LogP contribution in [0.25, 0.3) is 0 Å². The van der Waals surface area contributed by atoms with Crippen molar-refractivity contribution in [2.75, 3.05) is 6.54 Å². The van der Waals surface area contributed by atoms with Gasteiger partial charge in [0.1, 0.15) is 0 Å². The predicted octanol–water partition coefficient (Wildman–Crippen LogP) is 4.68. The molecule has 0 radical (unpaired) electrons. The van der Waals surface area contributed by atoms with E-state index in [1.807, 2.05) is 0 Å². The van der Waals surface area contributed by atoms with Gasteiger partial charge in [-0.3, -0.25) is 0 Å². The Balaban J connectivity index is 1.82. The maximum Gasteiger partial charge on any atom is 0.263 e. The Morgan fingerprint density at radius 2 is 1.79 bits per heavy atom. The van der Waals surface area contributed by atoms with Gasteiger partial charge in [-0.15, -0.1) is 0 Å². The first-order chi connectivity index (χ1) is 9.15. The van der Waals surface area contributed by atoms with E-state index in [1.54, 1.807) is 12.1 Å². The molecule has 1 aromatic carbocycles. The van der Waals surface area contributed by atoms with Gasteiger partial charge < -0.3 is 5.32 Å². The molecule has 1 fully saturated rings. The summed E-state index contributed by atoms with van der Waals surface area (Å²) in [6, 6.07) is 6.63. The molecule has 0 atom stereocenters. The van der Waals surface area contributed by atoms with Gasteiger partial charge in [-0.1, -0.05) is 44.0 Å². The predicted molar refractivity (Wildman–Crippen MR) is 74.3 cm³/mol. The Kier molecular flexibility index (Phi) is 4.92. The SMILES string of the molecule is CCC1(CNCc2ccc(C(F)F)cc2)CCCC1. The molecule has 0 unspecified atom stereocenters. The highest BCUT2D eigenvalue weighted by atomic mass is 19.3. The molecule has 0 saturated heterocycles. The second-order valence-corrected chi connectivity index (χ2v) is 5.71. The topological polar surface area (TPSA) is 12.0 Å². The van der Waals surface area contributed by atoms with Crippen LogP contribution in [0.2, 0.25) is 0 Å². The lowest BCUT2D eigenvalue weighted by atomic mass is 9.83. The van der Waals surface area contributed by atoms with Gasteiger partial charge in [0.25, 0.3) is 6.43 Å². The molecule has 0 amide bonds. The zero-order valence-electron chi connectivity index (χ0n) is 11.6. The smallest absolute Gasteiger partial charge is 0.263 e. The number of halogens is 2. The monoisotopic (exact) mass is 267 g/mol. The summed E-state index contributed by atoms with van der Waals surface area (Å²) in [6.45, 7) is 4.08. The molecule has 106 valence electrons. The lowest BCUT2D eigenvalue weighted by Crippen LogP contribution is -2.31. The molecule has 0 aromatic heterocycles. The first-order valence-corrected chi connectivity index (χ1v) is 7.23. The Bertz CT molecular complexity index is 380. The van der Waals surface area contributed by atoms with Gasteiger partial charge >= 0.3 is 0 Å². The van der Waals surface area contributed by atoms with Gasteiger partial charge in [-0.2, -0.15) is 0 Å². The molecular formula is C16H23F2N. The van der Waals surface area contributed by atoms with E-state index in [1.165, 1.54) is 44.2 Å². The number of alkyl halides is 2. The summed E-state index contributed by atoms with van der Waals surface area (Å²) in [5.74, 6) is 0. The zero-order chi connectivity index (χ0) is 13.7. The fourth-order valence-corrected chi connectivity index (χ4v) is 3.03. The normalized spacial score (nSPS) is 18.1. The summed E-state index contributed by atoms with van der Waals surface area (Å²) in [5.41, 5.74) is 1.65. The summed E-state index contributed by atoms with van der Waals surface area (Å²) >= 11 is 0. The van der Waals surface area contributed by atoms with E-state index in [0.29, 0.717) is 5.41 Å². The van der Waals surface area contributed by atoms with Crippen molar-refractivity contribution in [2.45, 2.75) is 52.0 Å². The van der Waals surface area contributed by atoms with Gasteiger partial charge in [-0.25, -0.2) is 8.78 Å². The minimum absolute atomic E-state index is 0.101. The van der Waals surface area contributed by atoms with Crippen molar-refractivity contribution in [1.29, 1.82) is 0 Å². The minimum atomic E-state index is -2.37. The molecule has 1 N–H and O–H groups in total. The third kappa shape index (κ3) is 3.75. The van der Waals surface area contributed by atoms with E-state index in [0.717, 1.165) is 18.7 Å². The van der Waals surface area contributed by atoms with E-state index in [9.17, 15) is 8.78 Å². The van der Waals surface area contributed by atoms with E-state index >= 15 is 0 Å². The first kappa shape index (κ1) is 14.4. The fourth-order valence-electron chi connectivity index (χ4n) is 3.03. The number of hydrogen-bond donors (Lipinski definition) is 1. The van der Waals surface area contributed by atoms with Gasteiger partial charge in [0.15, 0.2) is 0 Å². The third-order valence-electron chi connectivity index (χ3n) is 4.48. The molecule has 1 aromatic rings. The zero-order valence-corrected chi connectivity index (χ0v) is 11.6. The van der Waals surface area contributed by atoms with E-state index in [4.69, 9.17) is 0 Å². The Morgan fingerprint density at radius 1 is 1.16 bits per heavy atom. The maximum atomic E-state index is 12.4. The van der Waals surface area contributed by atoms with E-state index in [-0.39, 0.29) is 5.56 Å². The van der Waals surface area contributed by atoms with Crippen LogP contribution in [-0.4, -0.2) is 6.54 Å². The highest BCUT2D eigenvalue weighted by Gasteiger charge is 2.31.